The minimum absolute atomic E-state index is 0.0174. The summed E-state index contributed by atoms with van der Waals surface area (Å²) in [6.07, 6.45) is 1.75. The molecule has 2 amide bonds. The summed E-state index contributed by atoms with van der Waals surface area (Å²) in [5, 5.41) is 2.93. The van der Waals surface area contributed by atoms with Gasteiger partial charge in [0.25, 0.3) is 0 Å². The zero-order chi connectivity index (χ0) is 28.6. The van der Waals surface area contributed by atoms with Crippen LogP contribution in [0, 0.1) is 11.6 Å². The number of amides is 2. The van der Waals surface area contributed by atoms with Gasteiger partial charge in [-0.25, -0.2) is 17.2 Å². The number of nitrogens with one attached hydrogen (secondary N) is 1. The van der Waals surface area contributed by atoms with E-state index in [0.717, 1.165) is 22.2 Å². The summed E-state index contributed by atoms with van der Waals surface area (Å²) in [7, 11) is -4.00. The van der Waals surface area contributed by atoms with Gasteiger partial charge in [0.1, 0.15) is 24.2 Å². The Morgan fingerprint density at radius 1 is 0.897 bits per heavy atom. The van der Waals surface area contributed by atoms with E-state index >= 15 is 0 Å². The summed E-state index contributed by atoms with van der Waals surface area (Å²) in [6, 6.07) is 18.4. The number of nitrogens with zero attached hydrogens (tertiary/aromatic N) is 2. The predicted molar refractivity (Wildman–Crippen MR) is 147 cm³/mol. The third-order valence-electron chi connectivity index (χ3n) is 6.31. The van der Waals surface area contributed by atoms with Gasteiger partial charge in [-0.3, -0.25) is 13.9 Å². The van der Waals surface area contributed by atoms with Crippen LogP contribution in [0.4, 0.5) is 14.5 Å². The van der Waals surface area contributed by atoms with Crippen molar-refractivity contribution in [3.05, 3.63) is 102 Å². The first kappa shape index (κ1) is 29.8. The van der Waals surface area contributed by atoms with Gasteiger partial charge in [-0.05, 0) is 54.8 Å². The molecule has 208 valence electrons. The van der Waals surface area contributed by atoms with E-state index < -0.39 is 46.1 Å². The fourth-order valence-corrected chi connectivity index (χ4v) is 4.87. The Morgan fingerprint density at radius 2 is 1.56 bits per heavy atom. The predicted octanol–water partition coefficient (Wildman–Crippen LogP) is 4.29. The molecule has 0 saturated carbocycles. The van der Waals surface area contributed by atoms with Gasteiger partial charge in [0.2, 0.25) is 21.8 Å². The molecule has 39 heavy (non-hydrogen) atoms. The molecule has 0 bridgehead atoms. The monoisotopic (exact) mass is 557 g/mol. The smallest absolute Gasteiger partial charge is 0.244 e. The summed E-state index contributed by atoms with van der Waals surface area (Å²) < 4.78 is 53.8. The fraction of sp³-hybridized carbons (Fsp3) is 0.310. The number of halogens is 2. The number of hydrogen-bond acceptors (Lipinski definition) is 4. The normalized spacial score (nSPS) is 12.8. The third kappa shape index (κ3) is 8.61. The van der Waals surface area contributed by atoms with E-state index in [4.69, 9.17) is 0 Å². The van der Waals surface area contributed by atoms with Crippen molar-refractivity contribution >= 4 is 27.5 Å². The number of hydrogen-bond donors (Lipinski definition) is 1. The first-order valence-electron chi connectivity index (χ1n) is 12.6. The highest BCUT2D eigenvalue weighted by Crippen LogP contribution is 2.21. The lowest BCUT2D eigenvalue weighted by Gasteiger charge is -2.34. The van der Waals surface area contributed by atoms with Crippen LogP contribution in [0.3, 0.4) is 0 Å². The van der Waals surface area contributed by atoms with Gasteiger partial charge in [0.05, 0.1) is 11.9 Å². The molecule has 10 heteroatoms. The molecule has 0 aromatic heterocycles. The number of carbonyl (C=O) groups is 2. The Balaban J connectivity index is 2.05. The molecule has 0 unspecified atom stereocenters. The molecule has 0 aliphatic heterocycles. The molecule has 3 rings (SSSR count). The largest absolute Gasteiger partial charge is 0.352 e. The Labute approximate surface area is 228 Å². The third-order valence-corrected chi connectivity index (χ3v) is 7.45. The second-order valence-corrected chi connectivity index (χ2v) is 11.3. The second kappa shape index (κ2) is 13.3. The highest BCUT2D eigenvalue weighted by Gasteiger charge is 2.33. The fourth-order valence-electron chi connectivity index (χ4n) is 4.03. The highest BCUT2D eigenvalue weighted by atomic mass is 32.2. The van der Waals surface area contributed by atoms with Gasteiger partial charge in [0, 0.05) is 19.0 Å². The van der Waals surface area contributed by atoms with E-state index in [2.05, 4.69) is 5.32 Å². The van der Waals surface area contributed by atoms with Crippen molar-refractivity contribution in [3.8, 4) is 0 Å². The van der Waals surface area contributed by atoms with Gasteiger partial charge in [0.15, 0.2) is 0 Å². The van der Waals surface area contributed by atoms with Gasteiger partial charge >= 0.3 is 0 Å². The molecule has 7 nitrogen and oxygen atoms in total. The Bertz CT molecular complexity index is 1370. The first-order chi connectivity index (χ1) is 18.5. The van der Waals surface area contributed by atoms with Crippen LogP contribution >= 0.6 is 0 Å². The molecule has 2 atom stereocenters. The van der Waals surface area contributed by atoms with Crippen molar-refractivity contribution in [3.63, 3.8) is 0 Å². The van der Waals surface area contributed by atoms with E-state index in [1.165, 1.54) is 47.4 Å². The molecule has 0 spiro atoms. The summed E-state index contributed by atoms with van der Waals surface area (Å²) in [6.45, 7) is 3.02. The summed E-state index contributed by atoms with van der Waals surface area (Å²) >= 11 is 0. The van der Waals surface area contributed by atoms with E-state index in [1.54, 1.807) is 0 Å². The van der Waals surface area contributed by atoms with Crippen molar-refractivity contribution in [1.82, 2.24) is 10.2 Å². The van der Waals surface area contributed by atoms with Crippen LogP contribution < -0.4 is 9.62 Å². The standard InChI is InChI=1S/C29H33F2N3O4S/c1-4-21(2)32-29(36)27(17-22-9-6-5-7-10-22)33(19-23-13-15-24(30)16-14-23)28(35)20-34(39(3,37)38)26-12-8-11-25(31)18-26/h5-16,18,21,27H,4,17,19-20H2,1-3H3,(H,32,36)/t21-,27-/m1/s1. The van der Waals surface area contributed by atoms with Crippen molar-refractivity contribution in [1.29, 1.82) is 0 Å². The molecular weight excluding hydrogens is 524 g/mol. The lowest BCUT2D eigenvalue weighted by Crippen LogP contribution is -2.54. The number of carbonyl (C=O) groups excluding carboxylic acids is 2. The molecular formula is C29H33F2N3O4S. The van der Waals surface area contributed by atoms with Crippen LogP contribution in [-0.4, -0.2) is 50.0 Å². The maximum absolute atomic E-state index is 14.0. The maximum atomic E-state index is 14.0. The molecule has 0 aliphatic carbocycles. The molecule has 3 aromatic rings. The van der Waals surface area contributed by atoms with Gasteiger partial charge in [-0.15, -0.1) is 0 Å². The van der Waals surface area contributed by atoms with Crippen LogP contribution in [0.1, 0.15) is 31.4 Å². The average Bonchev–Trinajstić information content (AvgIpc) is 2.90. The van der Waals surface area contributed by atoms with Gasteiger partial charge < -0.3 is 10.2 Å². The van der Waals surface area contributed by atoms with E-state index in [1.807, 2.05) is 44.2 Å². The number of anilines is 1. The molecule has 0 fully saturated rings. The average molecular weight is 558 g/mol. The van der Waals surface area contributed by atoms with Crippen molar-refractivity contribution in [2.75, 3.05) is 17.1 Å². The van der Waals surface area contributed by atoms with Gasteiger partial charge in [-0.1, -0.05) is 55.5 Å². The summed E-state index contributed by atoms with van der Waals surface area (Å²) in [5.74, 6) is -2.19. The minimum Gasteiger partial charge on any atom is -0.352 e. The molecule has 0 aliphatic rings. The van der Waals surface area contributed by atoms with Crippen LogP contribution in [0.15, 0.2) is 78.9 Å². The zero-order valence-corrected chi connectivity index (χ0v) is 23.0. The quantitative estimate of drug-likeness (QED) is 0.360. The second-order valence-electron chi connectivity index (χ2n) is 9.42. The Hall–Kier alpha value is -3.79. The van der Waals surface area contributed by atoms with E-state index in [0.29, 0.717) is 12.0 Å². The molecule has 0 radical (unpaired) electrons. The van der Waals surface area contributed by atoms with Gasteiger partial charge in [-0.2, -0.15) is 0 Å². The molecule has 3 aromatic carbocycles. The first-order valence-corrected chi connectivity index (χ1v) is 14.4. The van der Waals surface area contributed by atoms with Crippen LogP contribution in [0.25, 0.3) is 0 Å². The maximum Gasteiger partial charge on any atom is 0.244 e. The highest BCUT2D eigenvalue weighted by molar-refractivity contribution is 7.92. The molecule has 0 saturated heterocycles. The van der Waals surface area contributed by atoms with Crippen LogP contribution in [-0.2, 0) is 32.6 Å². The Morgan fingerprint density at radius 3 is 2.15 bits per heavy atom. The zero-order valence-electron chi connectivity index (χ0n) is 22.2. The van der Waals surface area contributed by atoms with Crippen molar-refractivity contribution < 1.29 is 26.8 Å². The van der Waals surface area contributed by atoms with Crippen molar-refractivity contribution in [2.24, 2.45) is 0 Å². The van der Waals surface area contributed by atoms with E-state index in [-0.39, 0.29) is 24.7 Å². The molecule has 0 heterocycles. The lowest BCUT2D eigenvalue weighted by atomic mass is 10.0. The number of sulfonamides is 1. The Kier molecular flexibility index (Phi) is 10.2. The number of rotatable bonds is 12. The topological polar surface area (TPSA) is 86.8 Å². The van der Waals surface area contributed by atoms with Crippen molar-refractivity contribution in [2.45, 2.75) is 45.3 Å². The SMILES string of the molecule is CC[C@@H](C)NC(=O)[C@@H](Cc1ccccc1)N(Cc1ccc(F)cc1)C(=O)CN(c1cccc(F)c1)S(C)(=O)=O. The molecule has 1 N–H and O–H groups in total. The summed E-state index contributed by atoms with van der Waals surface area (Å²) in [4.78, 5) is 28.8. The summed E-state index contributed by atoms with van der Waals surface area (Å²) in [5.41, 5.74) is 1.33. The van der Waals surface area contributed by atoms with Crippen LogP contribution in [0.2, 0.25) is 0 Å². The lowest BCUT2D eigenvalue weighted by molar-refractivity contribution is -0.140. The van der Waals surface area contributed by atoms with E-state index in [9.17, 15) is 26.8 Å². The minimum atomic E-state index is -4.00. The number of benzene rings is 3. The van der Waals surface area contributed by atoms with Crippen LogP contribution in [0.5, 0.6) is 0 Å².